The van der Waals surface area contributed by atoms with E-state index in [1.807, 2.05) is 13.8 Å². The molecule has 1 atom stereocenters. The maximum Gasteiger partial charge on any atom is 0.327 e. The van der Waals surface area contributed by atoms with Gasteiger partial charge in [0.2, 0.25) is 0 Å². The average molecular weight is 390 g/mol. The number of esters is 1. The summed E-state index contributed by atoms with van der Waals surface area (Å²) in [5.41, 5.74) is 5.65. The van der Waals surface area contributed by atoms with Crippen molar-refractivity contribution in [3.05, 3.63) is 11.9 Å². The molecule has 0 aromatic heterocycles. The van der Waals surface area contributed by atoms with Gasteiger partial charge in [0.05, 0.1) is 12.3 Å². The molecular weight excluding hydrogens is 342 g/mol. The second-order valence-electron chi connectivity index (χ2n) is 6.35. The van der Waals surface area contributed by atoms with Crippen LogP contribution in [0.1, 0.15) is 99.3 Å². The second-order valence-corrected chi connectivity index (χ2v) is 6.35. The Bertz CT molecular complexity index is 337. The Labute approximate surface area is 168 Å². The van der Waals surface area contributed by atoms with E-state index >= 15 is 0 Å². The van der Waals surface area contributed by atoms with E-state index in [4.69, 9.17) is 21.4 Å². The number of hydrogen-bond donors (Lipinski definition) is 3. The van der Waals surface area contributed by atoms with E-state index in [9.17, 15) is 4.79 Å². The molecular formula is C21H47N3O3. The highest BCUT2D eigenvalue weighted by Gasteiger charge is 2.15. The van der Waals surface area contributed by atoms with Crippen molar-refractivity contribution >= 4 is 5.97 Å². The van der Waals surface area contributed by atoms with Gasteiger partial charge >= 0.3 is 5.97 Å². The van der Waals surface area contributed by atoms with E-state index < -0.39 is 0 Å². The summed E-state index contributed by atoms with van der Waals surface area (Å²) in [6, 6.07) is 0. The molecule has 6 heteroatoms. The van der Waals surface area contributed by atoms with Gasteiger partial charge in [0.15, 0.2) is 0 Å². The largest absolute Gasteiger partial charge is 0.461 e. The highest BCUT2D eigenvalue weighted by Crippen LogP contribution is 2.14. The van der Waals surface area contributed by atoms with E-state index in [1.54, 1.807) is 0 Å². The van der Waals surface area contributed by atoms with Gasteiger partial charge in [-0.05, 0) is 19.3 Å². The van der Waals surface area contributed by atoms with Crippen LogP contribution in [0, 0.1) is 0 Å². The maximum atomic E-state index is 11.9. The van der Waals surface area contributed by atoms with Crippen molar-refractivity contribution in [1.29, 1.82) is 0 Å². The van der Waals surface area contributed by atoms with Gasteiger partial charge < -0.3 is 20.6 Å². The number of rotatable bonds is 13. The minimum absolute atomic E-state index is 0.0307. The number of aliphatic hydroxyl groups excluding tert-OH is 1. The molecule has 0 aromatic rings. The lowest BCUT2D eigenvalue weighted by Gasteiger charge is -2.20. The van der Waals surface area contributed by atoms with E-state index in [2.05, 4.69) is 27.7 Å². The topological polar surface area (TPSA) is 102 Å². The molecule has 0 aliphatic carbocycles. The Hall–Kier alpha value is -1.27. The van der Waals surface area contributed by atoms with Crippen LogP contribution in [-0.4, -0.2) is 35.3 Å². The molecule has 0 heterocycles. The van der Waals surface area contributed by atoms with Crippen molar-refractivity contribution in [1.82, 2.24) is 5.01 Å². The lowest BCUT2D eigenvalue weighted by molar-refractivity contribution is -0.150. The SMILES string of the molecule is CC.CCC.CCCCCCC(CCCC)OC(=O)CN(N)/C=C(\N)CO. The third-order valence-electron chi connectivity index (χ3n) is 3.38. The fourth-order valence-electron chi connectivity index (χ4n) is 2.16. The molecule has 5 N–H and O–H groups in total. The molecule has 0 spiro atoms. The van der Waals surface area contributed by atoms with Crippen molar-refractivity contribution in [2.75, 3.05) is 13.2 Å². The van der Waals surface area contributed by atoms with Gasteiger partial charge in [0.25, 0.3) is 0 Å². The molecule has 6 nitrogen and oxygen atoms in total. The molecule has 0 aliphatic rings. The molecule has 0 aliphatic heterocycles. The van der Waals surface area contributed by atoms with Crippen LogP contribution in [0.25, 0.3) is 0 Å². The van der Waals surface area contributed by atoms with Gasteiger partial charge in [-0.3, -0.25) is 4.79 Å². The van der Waals surface area contributed by atoms with Crippen LogP contribution in [-0.2, 0) is 9.53 Å². The van der Waals surface area contributed by atoms with Crippen molar-refractivity contribution in [3.8, 4) is 0 Å². The monoisotopic (exact) mass is 389 g/mol. The zero-order chi connectivity index (χ0) is 21.5. The van der Waals surface area contributed by atoms with Crippen molar-refractivity contribution in [2.24, 2.45) is 11.6 Å². The first kappa shape index (κ1) is 30.5. The van der Waals surface area contributed by atoms with Crippen LogP contribution in [0.3, 0.4) is 0 Å². The Morgan fingerprint density at radius 1 is 1.04 bits per heavy atom. The quantitative estimate of drug-likeness (QED) is 0.186. The number of carbonyl (C=O) groups excluding carboxylic acids is 1. The Balaban J connectivity index is -0.00000104. The third kappa shape index (κ3) is 24.7. The number of hydrogen-bond acceptors (Lipinski definition) is 6. The number of unbranched alkanes of at least 4 members (excludes halogenated alkanes) is 4. The first-order valence-electron chi connectivity index (χ1n) is 10.7. The molecule has 1 unspecified atom stereocenters. The fourth-order valence-corrected chi connectivity index (χ4v) is 2.16. The molecule has 0 saturated carbocycles. The van der Waals surface area contributed by atoms with Gasteiger partial charge in [-0.15, -0.1) is 0 Å². The normalized spacial score (nSPS) is 11.5. The van der Waals surface area contributed by atoms with E-state index in [0.717, 1.165) is 37.1 Å². The molecule has 0 saturated heterocycles. The van der Waals surface area contributed by atoms with Gasteiger partial charge in [0, 0.05) is 6.20 Å². The molecule has 0 rings (SSSR count). The number of aliphatic hydroxyl groups is 1. The van der Waals surface area contributed by atoms with Gasteiger partial charge in [-0.1, -0.05) is 80.1 Å². The number of nitrogens with zero attached hydrogens (tertiary/aromatic N) is 1. The minimum atomic E-state index is -0.360. The lowest BCUT2D eigenvalue weighted by Crippen LogP contribution is -2.35. The van der Waals surface area contributed by atoms with Gasteiger partial charge in [-0.25, -0.2) is 5.84 Å². The summed E-state index contributed by atoms with van der Waals surface area (Å²) < 4.78 is 5.53. The number of carbonyl (C=O) groups is 1. The number of nitrogens with two attached hydrogens (primary N) is 2. The highest BCUT2D eigenvalue weighted by atomic mass is 16.5. The summed E-state index contributed by atoms with van der Waals surface area (Å²) in [5, 5.41) is 9.95. The maximum absolute atomic E-state index is 11.9. The van der Waals surface area contributed by atoms with Crippen LogP contribution in [0.2, 0.25) is 0 Å². The van der Waals surface area contributed by atoms with Crippen molar-refractivity contribution < 1.29 is 14.6 Å². The summed E-state index contributed by atoms with van der Waals surface area (Å²) >= 11 is 0. The first-order chi connectivity index (χ1) is 12.9. The van der Waals surface area contributed by atoms with E-state index in [1.165, 1.54) is 31.9 Å². The van der Waals surface area contributed by atoms with E-state index in [0.29, 0.717) is 0 Å². The summed E-state index contributed by atoms with van der Waals surface area (Å²) in [5.74, 6) is 5.27. The Kier molecular flexibility index (Phi) is 27.9. The smallest absolute Gasteiger partial charge is 0.327 e. The first-order valence-corrected chi connectivity index (χ1v) is 10.7. The molecule has 27 heavy (non-hydrogen) atoms. The van der Waals surface area contributed by atoms with Crippen LogP contribution in [0.5, 0.6) is 0 Å². The predicted molar refractivity (Wildman–Crippen MR) is 116 cm³/mol. The molecule has 0 bridgehead atoms. The van der Waals surface area contributed by atoms with E-state index in [-0.39, 0.29) is 30.9 Å². The minimum Gasteiger partial charge on any atom is -0.461 e. The predicted octanol–water partition coefficient (Wildman–Crippen LogP) is 4.47. The van der Waals surface area contributed by atoms with Crippen molar-refractivity contribution in [3.63, 3.8) is 0 Å². The summed E-state index contributed by atoms with van der Waals surface area (Å²) in [6.07, 6.45) is 11.2. The van der Waals surface area contributed by atoms with Gasteiger partial charge in [0.1, 0.15) is 12.6 Å². The zero-order valence-electron chi connectivity index (χ0n) is 18.8. The van der Waals surface area contributed by atoms with Crippen LogP contribution in [0.15, 0.2) is 11.9 Å². The number of hydrazine groups is 1. The zero-order valence-corrected chi connectivity index (χ0v) is 18.8. The molecule has 0 radical (unpaired) electrons. The number of ether oxygens (including phenoxy) is 1. The summed E-state index contributed by atoms with van der Waals surface area (Å²) in [6.45, 7) is 12.2. The van der Waals surface area contributed by atoms with Crippen LogP contribution < -0.4 is 11.6 Å². The van der Waals surface area contributed by atoms with Gasteiger partial charge in [-0.2, -0.15) is 0 Å². The third-order valence-corrected chi connectivity index (χ3v) is 3.38. The van der Waals surface area contributed by atoms with Crippen molar-refractivity contribution in [2.45, 2.75) is 105 Å². The average Bonchev–Trinajstić information content (AvgIpc) is 2.64. The van der Waals surface area contributed by atoms with Crippen LogP contribution in [0.4, 0.5) is 0 Å². The Morgan fingerprint density at radius 3 is 2.04 bits per heavy atom. The molecule has 164 valence electrons. The fraction of sp³-hybridized carbons (Fsp3) is 0.857. The molecule has 0 amide bonds. The summed E-state index contributed by atoms with van der Waals surface area (Å²) in [7, 11) is 0. The van der Waals surface area contributed by atoms with Crippen LogP contribution >= 0.6 is 0 Å². The highest BCUT2D eigenvalue weighted by molar-refractivity contribution is 5.71. The molecule has 0 aromatic carbocycles. The lowest BCUT2D eigenvalue weighted by atomic mass is 10.0. The standard InChI is InChI=1S/C16H33N3O3.C3H8.C2H6/c1-3-5-7-8-10-15(9-6-4-2)22-16(21)12-19(18)11-14(17)13-20;1-3-2;1-2/h11,15,20H,3-10,12-13,17-18H2,1-2H3;3H2,1-2H3;1-2H3/b14-11-;;. The second kappa shape index (κ2) is 24.7. The Morgan fingerprint density at radius 2 is 1.56 bits per heavy atom. The summed E-state index contributed by atoms with van der Waals surface area (Å²) in [4.78, 5) is 11.9. The molecule has 0 fully saturated rings.